The minimum atomic E-state index is 0.326. The molecule has 2 aromatic rings. The van der Waals surface area contributed by atoms with Gasteiger partial charge in [0.1, 0.15) is 0 Å². The highest BCUT2D eigenvalue weighted by molar-refractivity contribution is 5.76. The van der Waals surface area contributed by atoms with Crippen LogP contribution in [0.25, 0.3) is 0 Å². The van der Waals surface area contributed by atoms with Gasteiger partial charge in [-0.3, -0.25) is 14.6 Å². The zero-order valence-corrected chi connectivity index (χ0v) is 21.0. The summed E-state index contributed by atoms with van der Waals surface area (Å²) in [5, 5.41) is 7.93. The minimum absolute atomic E-state index is 0.326. The standard InChI is InChI=1S/C28H41N5O2/c34-28(33-15-13-32(14-16-33)21-23-7-3-1-4-8-23)18-24-9-10-29-20-25(24)17-26-19-27(35-30-26)22-31-11-5-2-6-12-31/h1,3-4,7-8,19,24-25,29H,2,5-6,9-18,20-22H2. The molecule has 3 fully saturated rings. The van der Waals surface area contributed by atoms with Crippen molar-refractivity contribution in [3.05, 3.63) is 53.4 Å². The van der Waals surface area contributed by atoms with Gasteiger partial charge in [0.05, 0.1) is 12.2 Å². The van der Waals surface area contributed by atoms with Crippen LogP contribution in [0.4, 0.5) is 0 Å². The van der Waals surface area contributed by atoms with Crippen LogP contribution in [0.5, 0.6) is 0 Å². The summed E-state index contributed by atoms with van der Waals surface area (Å²) in [6.07, 6.45) is 6.51. The summed E-state index contributed by atoms with van der Waals surface area (Å²) < 4.78 is 5.68. The largest absolute Gasteiger partial charge is 0.360 e. The number of likely N-dealkylation sites (tertiary alicyclic amines) is 1. The van der Waals surface area contributed by atoms with Crippen molar-refractivity contribution in [1.82, 2.24) is 25.2 Å². The summed E-state index contributed by atoms with van der Waals surface area (Å²) in [6, 6.07) is 12.8. The molecule has 0 spiro atoms. The molecule has 1 N–H and O–H groups in total. The van der Waals surface area contributed by atoms with Gasteiger partial charge in [-0.15, -0.1) is 0 Å². The Morgan fingerprint density at radius 1 is 0.943 bits per heavy atom. The molecule has 2 unspecified atom stereocenters. The molecule has 0 aliphatic carbocycles. The summed E-state index contributed by atoms with van der Waals surface area (Å²) in [6.45, 7) is 9.69. The molecule has 2 atom stereocenters. The van der Waals surface area contributed by atoms with Crippen LogP contribution >= 0.6 is 0 Å². The second kappa shape index (κ2) is 12.2. The number of hydrogen-bond donors (Lipinski definition) is 1. The molecule has 3 aliphatic heterocycles. The van der Waals surface area contributed by atoms with E-state index in [0.717, 1.165) is 89.7 Å². The first-order valence-electron chi connectivity index (χ1n) is 13.6. The van der Waals surface area contributed by atoms with E-state index in [1.54, 1.807) is 0 Å². The molecule has 5 rings (SSSR count). The van der Waals surface area contributed by atoms with Crippen molar-refractivity contribution in [3.8, 4) is 0 Å². The third-order valence-corrected chi connectivity index (χ3v) is 8.08. The SMILES string of the molecule is O=C(CC1CCNCC1Cc1cc(CN2CCCCC2)on1)N1CCN(Cc2ccccc2)CC1. The number of carbonyl (C=O) groups excluding carboxylic acids is 1. The van der Waals surface area contributed by atoms with E-state index in [0.29, 0.717) is 24.2 Å². The van der Waals surface area contributed by atoms with Gasteiger partial charge in [0.25, 0.3) is 0 Å². The molecular formula is C28H41N5O2. The lowest BCUT2D eigenvalue weighted by Gasteiger charge is -2.37. The number of nitrogens with zero attached hydrogens (tertiary/aromatic N) is 4. The van der Waals surface area contributed by atoms with Crippen molar-refractivity contribution >= 4 is 5.91 Å². The van der Waals surface area contributed by atoms with Gasteiger partial charge in [0.15, 0.2) is 5.76 Å². The van der Waals surface area contributed by atoms with E-state index < -0.39 is 0 Å². The second-order valence-electron chi connectivity index (χ2n) is 10.7. The number of piperazine rings is 1. The highest BCUT2D eigenvalue weighted by Crippen LogP contribution is 2.27. The van der Waals surface area contributed by atoms with Crippen LogP contribution in [0.3, 0.4) is 0 Å². The van der Waals surface area contributed by atoms with Crippen LogP contribution in [-0.4, -0.2) is 78.1 Å². The monoisotopic (exact) mass is 479 g/mol. The van der Waals surface area contributed by atoms with Crippen molar-refractivity contribution in [1.29, 1.82) is 0 Å². The molecular weight excluding hydrogens is 438 g/mol. The van der Waals surface area contributed by atoms with Gasteiger partial charge < -0.3 is 14.7 Å². The predicted molar refractivity (Wildman–Crippen MR) is 137 cm³/mol. The van der Waals surface area contributed by atoms with E-state index in [9.17, 15) is 4.79 Å². The van der Waals surface area contributed by atoms with Crippen LogP contribution in [0.2, 0.25) is 0 Å². The molecule has 1 amide bonds. The van der Waals surface area contributed by atoms with E-state index >= 15 is 0 Å². The van der Waals surface area contributed by atoms with Crippen LogP contribution in [-0.2, 0) is 24.3 Å². The molecule has 1 aromatic carbocycles. The Hall–Kier alpha value is -2.22. The molecule has 3 aliphatic rings. The third kappa shape index (κ3) is 6.93. The molecule has 190 valence electrons. The molecule has 0 saturated carbocycles. The molecule has 35 heavy (non-hydrogen) atoms. The van der Waals surface area contributed by atoms with E-state index in [2.05, 4.69) is 61.6 Å². The van der Waals surface area contributed by atoms with E-state index in [1.807, 2.05) is 0 Å². The lowest BCUT2D eigenvalue weighted by atomic mass is 9.81. The maximum atomic E-state index is 13.2. The van der Waals surface area contributed by atoms with Gasteiger partial charge in [-0.05, 0) is 69.3 Å². The first kappa shape index (κ1) is 24.5. The summed E-state index contributed by atoms with van der Waals surface area (Å²) in [5.41, 5.74) is 2.38. The lowest BCUT2D eigenvalue weighted by Crippen LogP contribution is -2.49. The maximum absolute atomic E-state index is 13.2. The lowest BCUT2D eigenvalue weighted by molar-refractivity contribution is -0.134. The Kier molecular flexibility index (Phi) is 8.50. The van der Waals surface area contributed by atoms with Gasteiger partial charge in [-0.25, -0.2) is 0 Å². The van der Waals surface area contributed by atoms with Crippen LogP contribution in [0.15, 0.2) is 40.9 Å². The Morgan fingerprint density at radius 3 is 2.51 bits per heavy atom. The zero-order chi connectivity index (χ0) is 23.9. The summed E-state index contributed by atoms with van der Waals surface area (Å²) in [4.78, 5) is 20.2. The molecule has 7 nitrogen and oxygen atoms in total. The fraction of sp³-hybridized carbons (Fsp3) is 0.643. The van der Waals surface area contributed by atoms with Crippen molar-refractivity contribution in [2.24, 2.45) is 11.8 Å². The summed E-state index contributed by atoms with van der Waals surface area (Å²) in [5.74, 6) is 2.15. The van der Waals surface area contributed by atoms with Crippen molar-refractivity contribution < 1.29 is 9.32 Å². The number of piperidine rings is 2. The Labute approximate surface area is 209 Å². The molecule has 7 heteroatoms. The zero-order valence-electron chi connectivity index (χ0n) is 21.0. The maximum Gasteiger partial charge on any atom is 0.222 e. The van der Waals surface area contributed by atoms with Gasteiger partial charge in [-0.2, -0.15) is 0 Å². The number of benzene rings is 1. The summed E-state index contributed by atoms with van der Waals surface area (Å²) in [7, 11) is 0. The fourth-order valence-electron chi connectivity index (χ4n) is 5.97. The number of rotatable bonds is 8. The van der Waals surface area contributed by atoms with Crippen LogP contribution in [0, 0.1) is 11.8 Å². The average molecular weight is 480 g/mol. The molecule has 1 aromatic heterocycles. The molecule has 0 radical (unpaired) electrons. The number of carbonyl (C=O) groups is 1. The van der Waals surface area contributed by atoms with Crippen molar-refractivity contribution in [2.75, 3.05) is 52.4 Å². The van der Waals surface area contributed by atoms with Crippen molar-refractivity contribution in [2.45, 2.75) is 51.6 Å². The van der Waals surface area contributed by atoms with E-state index in [4.69, 9.17) is 4.52 Å². The number of amides is 1. The van der Waals surface area contributed by atoms with Gasteiger partial charge >= 0.3 is 0 Å². The summed E-state index contributed by atoms with van der Waals surface area (Å²) >= 11 is 0. The van der Waals surface area contributed by atoms with E-state index in [-0.39, 0.29) is 0 Å². The average Bonchev–Trinajstić information content (AvgIpc) is 3.33. The number of hydrogen-bond acceptors (Lipinski definition) is 6. The molecule has 3 saturated heterocycles. The topological polar surface area (TPSA) is 64.9 Å². The van der Waals surface area contributed by atoms with E-state index in [1.165, 1.54) is 24.8 Å². The van der Waals surface area contributed by atoms with Crippen molar-refractivity contribution in [3.63, 3.8) is 0 Å². The predicted octanol–water partition coefficient (Wildman–Crippen LogP) is 3.16. The Morgan fingerprint density at radius 2 is 1.71 bits per heavy atom. The molecule has 4 heterocycles. The minimum Gasteiger partial charge on any atom is -0.360 e. The van der Waals surface area contributed by atoms with Gasteiger partial charge in [0.2, 0.25) is 5.91 Å². The highest BCUT2D eigenvalue weighted by Gasteiger charge is 2.31. The Balaban J connectivity index is 1.09. The number of aromatic nitrogens is 1. The first-order valence-corrected chi connectivity index (χ1v) is 13.6. The smallest absolute Gasteiger partial charge is 0.222 e. The quantitative estimate of drug-likeness (QED) is 0.628. The Bertz CT molecular complexity index is 918. The highest BCUT2D eigenvalue weighted by atomic mass is 16.5. The third-order valence-electron chi connectivity index (χ3n) is 8.08. The number of nitrogens with one attached hydrogen (secondary N) is 1. The first-order chi connectivity index (χ1) is 17.2. The fourth-order valence-corrected chi connectivity index (χ4v) is 5.97. The van der Waals surface area contributed by atoms with Gasteiger partial charge in [0, 0.05) is 45.2 Å². The van der Waals surface area contributed by atoms with Crippen LogP contribution < -0.4 is 5.32 Å². The van der Waals surface area contributed by atoms with Gasteiger partial charge in [-0.1, -0.05) is 41.9 Å². The normalized spacial score (nSPS) is 24.5. The second-order valence-corrected chi connectivity index (χ2v) is 10.7. The van der Waals surface area contributed by atoms with Crippen LogP contribution in [0.1, 0.15) is 49.1 Å². The molecule has 0 bridgehead atoms.